The van der Waals surface area contributed by atoms with Crippen molar-refractivity contribution in [2.75, 3.05) is 16.4 Å². The Labute approximate surface area is 135 Å². The molecule has 6 heteroatoms. The van der Waals surface area contributed by atoms with Crippen molar-refractivity contribution in [1.82, 2.24) is 15.0 Å². The van der Waals surface area contributed by atoms with Gasteiger partial charge >= 0.3 is 0 Å². The van der Waals surface area contributed by atoms with Gasteiger partial charge in [0.1, 0.15) is 12.0 Å². The van der Waals surface area contributed by atoms with Crippen LogP contribution in [0.2, 0.25) is 0 Å². The minimum Gasteiger partial charge on any atom is -0.393 e. The van der Waals surface area contributed by atoms with Crippen molar-refractivity contribution < 1.29 is 0 Å². The van der Waals surface area contributed by atoms with Gasteiger partial charge in [-0.3, -0.25) is 4.98 Å². The zero-order valence-corrected chi connectivity index (χ0v) is 13.2. The van der Waals surface area contributed by atoms with Crippen LogP contribution in [0.5, 0.6) is 0 Å². The van der Waals surface area contributed by atoms with E-state index in [1.807, 2.05) is 30.3 Å². The van der Waals surface area contributed by atoms with E-state index >= 15 is 0 Å². The third-order valence-corrected chi connectivity index (χ3v) is 3.77. The zero-order chi connectivity index (χ0) is 16.2. The second-order valence-electron chi connectivity index (χ2n) is 5.44. The number of anilines is 4. The SMILES string of the molecule is CCC(C)Nc1ncnc(Nc2cccc3cccnc23)c1N. The topological polar surface area (TPSA) is 88.8 Å². The van der Waals surface area contributed by atoms with Crippen molar-refractivity contribution in [2.45, 2.75) is 26.3 Å². The molecule has 3 rings (SSSR count). The highest BCUT2D eigenvalue weighted by molar-refractivity contribution is 5.93. The highest BCUT2D eigenvalue weighted by Gasteiger charge is 2.11. The number of aromatic nitrogens is 3. The Hall–Kier alpha value is -2.89. The molecule has 0 saturated carbocycles. The Morgan fingerprint density at radius 1 is 1.09 bits per heavy atom. The van der Waals surface area contributed by atoms with E-state index in [4.69, 9.17) is 5.73 Å². The van der Waals surface area contributed by atoms with Gasteiger partial charge in [-0.25, -0.2) is 9.97 Å². The van der Waals surface area contributed by atoms with Crippen LogP contribution in [0.15, 0.2) is 42.9 Å². The van der Waals surface area contributed by atoms with Gasteiger partial charge in [0.15, 0.2) is 11.6 Å². The summed E-state index contributed by atoms with van der Waals surface area (Å²) in [5.74, 6) is 1.22. The van der Waals surface area contributed by atoms with E-state index in [-0.39, 0.29) is 0 Å². The summed E-state index contributed by atoms with van der Waals surface area (Å²) in [5, 5.41) is 7.62. The van der Waals surface area contributed by atoms with Gasteiger partial charge in [0.2, 0.25) is 0 Å². The molecule has 2 aromatic heterocycles. The number of hydrogen-bond acceptors (Lipinski definition) is 6. The lowest BCUT2D eigenvalue weighted by Gasteiger charge is -2.16. The number of pyridine rings is 1. The predicted molar refractivity (Wildman–Crippen MR) is 94.8 cm³/mol. The molecule has 0 fully saturated rings. The molecule has 1 aromatic carbocycles. The first-order valence-electron chi connectivity index (χ1n) is 7.66. The molecule has 3 aromatic rings. The molecule has 2 heterocycles. The summed E-state index contributed by atoms with van der Waals surface area (Å²) in [5.41, 5.74) is 8.45. The normalized spacial score (nSPS) is 12.1. The molecule has 0 saturated heterocycles. The monoisotopic (exact) mass is 308 g/mol. The van der Waals surface area contributed by atoms with Crippen molar-refractivity contribution in [3.8, 4) is 0 Å². The Morgan fingerprint density at radius 2 is 1.87 bits per heavy atom. The van der Waals surface area contributed by atoms with E-state index in [9.17, 15) is 0 Å². The molecule has 6 nitrogen and oxygen atoms in total. The third-order valence-electron chi connectivity index (χ3n) is 3.77. The highest BCUT2D eigenvalue weighted by Crippen LogP contribution is 2.29. The van der Waals surface area contributed by atoms with E-state index in [2.05, 4.69) is 39.4 Å². The van der Waals surface area contributed by atoms with Gasteiger partial charge in [0, 0.05) is 17.6 Å². The fourth-order valence-electron chi connectivity index (χ4n) is 2.28. The largest absolute Gasteiger partial charge is 0.393 e. The summed E-state index contributed by atoms with van der Waals surface area (Å²) in [6.45, 7) is 4.19. The average Bonchev–Trinajstić information content (AvgIpc) is 2.58. The molecule has 118 valence electrons. The predicted octanol–water partition coefficient (Wildman–Crippen LogP) is 3.56. The molecule has 0 aliphatic carbocycles. The van der Waals surface area contributed by atoms with Crippen LogP contribution in [0.25, 0.3) is 10.9 Å². The summed E-state index contributed by atoms with van der Waals surface area (Å²) in [4.78, 5) is 12.9. The van der Waals surface area contributed by atoms with Crippen LogP contribution in [0.1, 0.15) is 20.3 Å². The molecule has 0 bridgehead atoms. The fraction of sp³-hybridized carbons (Fsp3) is 0.235. The van der Waals surface area contributed by atoms with Crippen LogP contribution in [-0.4, -0.2) is 21.0 Å². The maximum Gasteiger partial charge on any atom is 0.159 e. The molecule has 1 unspecified atom stereocenters. The third kappa shape index (κ3) is 3.15. The first kappa shape index (κ1) is 15.0. The second kappa shape index (κ2) is 6.48. The summed E-state index contributed by atoms with van der Waals surface area (Å²) in [6, 6.07) is 10.2. The number of benzene rings is 1. The maximum atomic E-state index is 6.21. The summed E-state index contributed by atoms with van der Waals surface area (Å²) in [6.07, 6.45) is 4.26. The zero-order valence-electron chi connectivity index (χ0n) is 13.2. The lowest BCUT2D eigenvalue weighted by Crippen LogP contribution is -2.16. The Kier molecular flexibility index (Phi) is 4.23. The second-order valence-corrected chi connectivity index (χ2v) is 5.44. The van der Waals surface area contributed by atoms with Crippen LogP contribution in [0.4, 0.5) is 23.0 Å². The minimum atomic E-state index is 0.291. The number of hydrogen-bond donors (Lipinski definition) is 3. The molecule has 4 N–H and O–H groups in total. The van der Waals surface area contributed by atoms with Gasteiger partial charge in [0.25, 0.3) is 0 Å². The highest BCUT2D eigenvalue weighted by atomic mass is 15.1. The Balaban J connectivity index is 1.95. The number of nitrogens with zero attached hydrogens (tertiary/aromatic N) is 3. The van der Waals surface area contributed by atoms with Gasteiger partial charge < -0.3 is 16.4 Å². The van der Waals surface area contributed by atoms with Crippen LogP contribution >= 0.6 is 0 Å². The molecule has 0 aliphatic rings. The number of nitrogen functional groups attached to an aromatic ring is 1. The Morgan fingerprint density at radius 3 is 2.70 bits per heavy atom. The van der Waals surface area contributed by atoms with Crippen LogP contribution in [-0.2, 0) is 0 Å². The lowest BCUT2D eigenvalue weighted by molar-refractivity contribution is 0.759. The smallest absolute Gasteiger partial charge is 0.159 e. The molecule has 0 amide bonds. The summed E-state index contributed by atoms with van der Waals surface area (Å²) >= 11 is 0. The number of fused-ring (bicyclic) bond motifs is 1. The average molecular weight is 308 g/mol. The molecule has 23 heavy (non-hydrogen) atoms. The van der Waals surface area contributed by atoms with Gasteiger partial charge in [-0.05, 0) is 25.5 Å². The van der Waals surface area contributed by atoms with Crippen molar-refractivity contribution in [2.24, 2.45) is 0 Å². The summed E-state index contributed by atoms with van der Waals surface area (Å²) in [7, 11) is 0. The molecule has 0 aliphatic heterocycles. The lowest BCUT2D eigenvalue weighted by atomic mass is 10.2. The number of rotatable bonds is 5. The number of nitrogens with one attached hydrogen (secondary N) is 2. The van der Waals surface area contributed by atoms with Gasteiger partial charge in [0.05, 0.1) is 11.2 Å². The van der Waals surface area contributed by atoms with Crippen molar-refractivity contribution in [1.29, 1.82) is 0 Å². The van der Waals surface area contributed by atoms with E-state index < -0.39 is 0 Å². The van der Waals surface area contributed by atoms with Crippen LogP contribution < -0.4 is 16.4 Å². The van der Waals surface area contributed by atoms with Crippen LogP contribution in [0, 0.1) is 0 Å². The van der Waals surface area contributed by atoms with Crippen molar-refractivity contribution in [3.63, 3.8) is 0 Å². The van der Waals surface area contributed by atoms with Gasteiger partial charge in [-0.2, -0.15) is 0 Å². The van der Waals surface area contributed by atoms with E-state index in [0.717, 1.165) is 23.0 Å². The van der Waals surface area contributed by atoms with E-state index in [1.165, 1.54) is 6.33 Å². The van der Waals surface area contributed by atoms with E-state index in [1.54, 1.807) is 6.20 Å². The number of nitrogens with two attached hydrogens (primary N) is 1. The standard InChI is InChI=1S/C17H20N6/c1-3-11(2)22-16-14(18)17(21-10-20-16)23-13-8-4-6-12-7-5-9-19-15(12)13/h4-11H,3,18H2,1-2H3,(H2,20,21,22,23). The maximum absolute atomic E-state index is 6.21. The van der Waals surface area contributed by atoms with Gasteiger partial charge in [-0.15, -0.1) is 0 Å². The first-order valence-corrected chi connectivity index (χ1v) is 7.66. The first-order chi connectivity index (χ1) is 11.2. The molecular formula is C17H20N6. The fourth-order valence-corrected chi connectivity index (χ4v) is 2.28. The van der Waals surface area contributed by atoms with Crippen molar-refractivity contribution >= 4 is 33.9 Å². The van der Waals surface area contributed by atoms with Gasteiger partial charge in [-0.1, -0.05) is 25.1 Å². The Bertz CT molecular complexity index is 812. The minimum absolute atomic E-state index is 0.291. The molecular weight excluding hydrogens is 288 g/mol. The quantitative estimate of drug-likeness (QED) is 0.668. The number of para-hydroxylation sites is 1. The molecule has 1 atom stereocenters. The summed E-state index contributed by atoms with van der Waals surface area (Å²) < 4.78 is 0. The van der Waals surface area contributed by atoms with Crippen molar-refractivity contribution in [3.05, 3.63) is 42.9 Å². The molecule has 0 radical (unpaired) electrons. The van der Waals surface area contributed by atoms with Crippen LogP contribution in [0.3, 0.4) is 0 Å². The van der Waals surface area contributed by atoms with E-state index in [0.29, 0.717) is 23.4 Å². The molecule has 0 spiro atoms.